The first-order valence-corrected chi connectivity index (χ1v) is 4.58. The molecule has 15 heavy (non-hydrogen) atoms. The van der Waals surface area contributed by atoms with Crippen LogP contribution in [0.25, 0.3) is 0 Å². The van der Waals surface area contributed by atoms with Gasteiger partial charge in [-0.05, 0) is 14.0 Å². The van der Waals surface area contributed by atoms with E-state index in [9.17, 15) is 4.79 Å². The number of aromatic nitrogens is 2. The van der Waals surface area contributed by atoms with Gasteiger partial charge in [-0.3, -0.25) is 9.48 Å². The van der Waals surface area contributed by atoms with Crippen LogP contribution in [-0.4, -0.2) is 41.1 Å². The molecule has 0 spiro atoms. The molecule has 0 aliphatic heterocycles. The molecule has 6 nitrogen and oxygen atoms in total. The number of likely N-dealkylation sites (N-methyl/N-ethyl adjacent to an activating group) is 1. The van der Waals surface area contributed by atoms with Crippen molar-refractivity contribution >= 4 is 5.97 Å². The molecular formula is C9H15N3O3. The van der Waals surface area contributed by atoms with Gasteiger partial charge >= 0.3 is 5.97 Å². The highest BCUT2D eigenvalue weighted by molar-refractivity contribution is 5.74. The SMILES string of the molecule is CNC(C(=O)O)C(C)n1cc(OC)cn1. The highest BCUT2D eigenvalue weighted by Crippen LogP contribution is 2.15. The van der Waals surface area contributed by atoms with E-state index in [4.69, 9.17) is 9.84 Å². The van der Waals surface area contributed by atoms with Crippen LogP contribution in [0, 0.1) is 0 Å². The smallest absolute Gasteiger partial charge is 0.322 e. The molecule has 2 unspecified atom stereocenters. The molecule has 6 heteroatoms. The van der Waals surface area contributed by atoms with Gasteiger partial charge in [0.25, 0.3) is 0 Å². The number of methoxy groups -OCH3 is 1. The number of hydrogen-bond acceptors (Lipinski definition) is 4. The van der Waals surface area contributed by atoms with Gasteiger partial charge in [0.1, 0.15) is 6.04 Å². The van der Waals surface area contributed by atoms with Crippen molar-refractivity contribution in [2.75, 3.05) is 14.2 Å². The lowest BCUT2D eigenvalue weighted by Gasteiger charge is -2.19. The van der Waals surface area contributed by atoms with Crippen molar-refractivity contribution in [2.45, 2.75) is 19.0 Å². The standard InChI is InChI=1S/C9H15N3O3/c1-6(8(10-2)9(13)14)12-5-7(15-3)4-11-12/h4-6,8,10H,1-3H3,(H,13,14). The average molecular weight is 213 g/mol. The Morgan fingerprint density at radius 3 is 2.80 bits per heavy atom. The fourth-order valence-electron chi connectivity index (χ4n) is 1.37. The molecule has 1 aromatic heterocycles. The minimum atomic E-state index is -0.903. The Morgan fingerprint density at radius 2 is 2.40 bits per heavy atom. The monoisotopic (exact) mass is 213 g/mol. The zero-order valence-electron chi connectivity index (χ0n) is 8.97. The molecule has 0 amide bonds. The molecule has 0 bridgehead atoms. The first kappa shape index (κ1) is 11.5. The summed E-state index contributed by atoms with van der Waals surface area (Å²) in [4.78, 5) is 10.9. The van der Waals surface area contributed by atoms with Crippen molar-refractivity contribution in [3.63, 3.8) is 0 Å². The number of nitrogens with one attached hydrogen (secondary N) is 1. The molecule has 1 rings (SSSR count). The fourth-order valence-corrected chi connectivity index (χ4v) is 1.37. The van der Waals surface area contributed by atoms with Crippen LogP contribution in [0.5, 0.6) is 5.75 Å². The van der Waals surface area contributed by atoms with Crippen LogP contribution >= 0.6 is 0 Å². The summed E-state index contributed by atoms with van der Waals surface area (Å²) in [7, 11) is 3.15. The summed E-state index contributed by atoms with van der Waals surface area (Å²) in [6.07, 6.45) is 3.21. The second-order valence-electron chi connectivity index (χ2n) is 3.21. The molecule has 0 fully saturated rings. The molecule has 0 saturated heterocycles. The maximum Gasteiger partial charge on any atom is 0.322 e. The van der Waals surface area contributed by atoms with E-state index in [0.717, 1.165) is 0 Å². The maximum atomic E-state index is 10.9. The third kappa shape index (κ3) is 2.47. The molecule has 0 aliphatic carbocycles. The van der Waals surface area contributed by atoms with Gasteiger partial charge in [-0.1, -0.05) is 0 Å². The van der Waals surface area contributed by atoms with Crippen LogP contribution in [-0.2, 0) is 4.79 Å². The summed E-state index contributed by atoms with van der Waals surface area (Å²) in [6.45, 7) is 1.78. The van der Waals surface area contributed by atoms with Crippen molar-refractivity contribution in [1.29, 1.82) is 0 Å². The number of carbonyl (C=O) groups is 1. The van der Waals surface area contributed by atoms with Crippen molar-refractivity contribution in [3.8, 4) is 5.75 Å². The summed E-state index contributed by atoms with van der Waals surface area (Å²) >= 11 is 0. The molecule has 1 aromatic rings. The Labute approximate surface area is 87.8 Å². The van der Waals surface area contributed by atoms with Gasteiger partial charge in [-0.25, -0.2) is 0 Å². The Kier molecular flexibility index (Phi) is 3.68. The molecule has 2 atom stereocenters. The Balaban J connectivity index is 2.82. The van der Waals surface area contributed by atoms with E-state index in [1.807, 2.05) is 0 Å². The van der Waals surface area contributed by atoms with Gasteiger partial charge in [0.05, 0.1) is 25.5 Å². The third-order valence-corrected chi connectivity index (χ3v) is 2.29. The zero-order valence-corrected chi connectivity index (χ0v) is 8.97. The summed E-state index contributed by atoms with van der Waals surface area (Å²) in [5, 5.41) is 15.7. The molecule has 0 radical (unpaired) electrons. The number of ether oxygens (including phenoxy) is 1. The second kappa shape index (κ2) is 4.79. The first-order chi connectivity index (χ1) is 7.10. The van der Waals surface area contributed by atoms with Crippen LogP contribution in [0.2, 0.25) is 0 Å². The molecule has 84 valence electrons. The number of rotatable bonds is 5. The van der Waals surface area contributed by atoms with E-state index in [2.05, 4.69) is 10.4 Å². The Hall–Kier alpha value is -1.56. The average Bonchev–Trinajstić information content (AvgIpc) is 2.66. The van der Waals surface area contributed by atoms with Crippen LogP contribution in [0.15, 0.2) is 12.4 Å². The van der Waals surface area contributed by atoms with Gasteiger partial charge in [0.2, 0.25) is 0 Å². The van der Waals surface area contributed by atoms with E-state index in [0.29, 0.717) is 5.75 Å². The van der Waals surface area contributed by atoms with Crippen LogP contribution in [0.4, 0.5) is 0 Å². The second-order valence-corrected chi connectivity index (χ2v) is 3.21. The summed E-state index contributed by atoms with van der Waals surface area (Å²) in [5.41, 5.74) is 0. The number of hydrogen-bond donors (Lipinski definition) is 2. The first-order valence-electron chi connectivity index (χ1n) is 4.58. The summed E-state index contributed by atoms with van der Waals surface area (Å²) in [5.74, 6) is -0.290. The third-order valence-electron chi connectivity index (χ3n) is 2.29. The Bertz CT molecular complexity index is 337. The van der Waals surface area contributed by atoms with E-state index in [1.165, 1.54) is 0 Å². The van der Waals surface area contributed by atoms with E-state index < -0.39 is 12.0 Å². The van der Waals surface area contributed by atoms with Crippen LogP contribution < -0.4 is 10.1 Å². The topological polar surface area (TPSA) is 76.4 Å². The van der Waals surface area contributed by atoms with Gasteiger partial charge in [0, 0.05) is 0 Å². The molecule has 2 N–H and O–H groups in total. The number of carboxylic acid groups (broad SMARTS) is 1. The van der Waals surface area contributed by atoms with Crippen LogP contribution in [0.3, 0.4) is 0 Å². The number of nitrogens with zero attached hydrogens (tertiary/aromatic N) is 2. The van der Waals surface area contributed by atoms with Gasteiger partial charge < -0.3 is 15.2 Å². The van der Waals surface area contributed by atoms with Gasteiger partial charge in [0.15, 0.2) is 5.75 Å². The highest BCUT2D eigenvalue weighted by Gasteiger charge is 2.24. The lowest BCUT2D eigenvalue weighted by Crippen LogP contribution is -2.40. The Morgan fingerprint density at radius 1 is 1.73 bits per heavy atom. The van der Waals surface area contributed by atoms with E-state index >= 15 is 0 Å². The largest absolute Gasteiger partial charge is 0.493 e. The molecule has 0 saturated carbocycles. The van der Waals surface area contributed by atoms with E-state index in [-0.39, 0.29) is 6.04 Å². The number of carboxylic acids is 1. The molecule has 0 aromatic carbocycles. The minimum Gasteiger partial charge on any atom is -0.493 e. The van der Waals surface area contributed by atoms with Crippen molar-refractivity contribution in [1.82, 2.24) is 15.1 Å². The predicted octanol–water partition coefficient (Wildman–Crippen LogP) is 0.125. The molecular weight excluding hydrogens is 198 g/mol. The zero-order chi connectivity index (χ0) is 11.4. The van der Waals surface area contributed by atoms with Gasteiger partial charge in [-0.15, -0.1) is 0 Å². The molecule has 1 heterocycles. The van der Waals surface area contributed by atoms with Crippen molar-refractivity contribution in [2.24, 2.45) is 0 Å². The summed E-state index contributed by atoms with van der Waals surface area (Å²) < 4.78 is 6.53. The molecule has 0 aliphatic rings. The fraction of sp³-hybridized carbons (Fsp3) is 0.556. The van der Waals surface area contributed by atoms with E-state index in [1.54, 1.807) is 38.2 Å². The van der Waals surface area contributed by atoms with Crippen molar-refractivity contribution < 1.29 is 14.6 Å². The van der Waals surface area contributed by atoms with Gasteiger partial charge in [-0.2, -0.15) is 5.10 Å². The lowest BCUT2D eigenvalue weighted by molar-refractivity contribution is -0.140. The highest BCUT2D eigenvalue weighted by atomic mass is 16.5. The predicted molar refractivity (Wildman–Crippen MR) is 54.0 cm³/mol. The number of aliphatic carboxylic acids is 1. The lowest BCUT2D eigenvalue weighted by atomic mass is 10.1. The van der Waals surface area contributed by atoms with Crippen LogP contribution in [0.1, 0.15) is 13.0 Å². The quantitative estimate of drug-likeness (QED) is 0.726. The maximum absolute atomic E-state index is 10.9. The summed E-state index contributed by atoms with van der Waals surface area (Å²) in [6, 6.07) is -0.953. The van der Waals surface area contributed by atoms with Crippen molar-refractivity contribution in [3.05, 3.63) is 12.4 Å². The normalized spacial score (nSPS) is 14.6. The minimum absolute atomic E-state index is 0.281.